The monoisotopic (exact) mass is 392 g/mol. The first kappa shape index (κ1) is 14.1. The molecule has 0 aliphatic heterocycles. The molecule has 1 atom stereocenters. The van der Waals surface area contributed by atoms with Crippen molar-refractivity contribution in [2.24, 2.45) is 5.84 Å². The van der Waals surface area contributed by atoms with Crippen LogP contribution >= 0.6 is 43.2 Å². The number of hydrogen-bond acceptors (Lipinski definition) is 3. The zero-order chi connectivity index (χ0) is 13.1. The molecule has 3 N–H and O–H groups in total. The van der Waals surface area contributed by atoms with Gasteiger partial charge in [-0.25, -0.2) is 4.39 Å². The lowest BCUT2D eigenvalue weighted by molar-refractivity contribution is 0.512. The molecule has 0 bridgehead atoms. The van der Waals surface area contributed by atoms with Gasteiger partial charge in [-0.1, -0.05) is 15.9 Å². The van der Waals surface area contributed by atoms with Crippen LogP contribution in [0.4, 0.5) is 4.39 Å². The van der Waals surface area contributed by atoms with Gasteiger partial charge in [0, 0.05) is 31.2 Å². The fourth-order valence-electron chi connectivity index (χ4n) is 1.70. The molecule has 1 aromatic heterocycles. The minimum atomic E-state index is -0.253. The zero-order valence-corrected chi connectivity index (χ0v) is 13.3. The summed E-state index contributed by atoms with van der Waals surface area (Å²) in [6.45, 7) is 0. The molecule has 2 aromatic rings. The summed E-state index contributed by atoms with van der Waals surface area (Å²) in [4.78, 5) is 1.14. The van der Waals surface area contributed by atoms with Crippen LogP contribution in [0.2, 0.25) is 0 Å². The number of nitrogens with two attached hydrogens (primary N) is 1. The van der Waals surface area contributed by atoms with Crippen LogP contribution in [0.5, 0.6) is 0 Å². The van der Waals surface area contributed by atoms with E-state index in [9.17, 15) is 4.39 Å². The highest BCUT2D eigenvalue weighted by Gasteiger charge is 2.16. The van der Waals surface area contributed by atoms with Gasteiger partial charge in [-0.05, 0) is 40.2 Å². The van der Waals surface area contributed by atoms with Crippen molar-refractivity contribution in [3.05, 3.63) is 54.8 Å². The first-order chi connectivity index (χ1) is 8.60. The normalized spacial score (nSPS) is 12.7. The molecule has 96 valence electrons. The second kappa shape index (κ2) is 6.25. The van der Waals surface area contributed by atoms with E-state index in [1.165, 1.54) is 6.07 Å². The van der Waals surface area contributed by atoms with Gasteiger partial charge in [0.15, 0.2) is 0 Å². The third kappa shape index (κ3) is 3.39. The molecule has 0 radical (unpaired) electrons. The number of thiophene rings is 1. The molecule has 1 unspecified atom stereocenters. The first-order valence-electron chi connectivity index (χ1n) is 5.24. The van der Waals surface area contributed by atoms with Gasteiger partial charge in [0.1, 0.15) is 5.82 Å². The van der Waals surface area contributed by atoms with Crippen LogP contribution in [-0.4, -0.2) is 0 Å². The average molecular weight is 394 g/mol. The Morgan fingerprint density at radius 2 is 2.06 bits per heavy atom. The Morgan fingerprint density at radius 3 is 2.67 bits per heavy atom. The molecule has 0 aliphatic carbocycles. The summed E-state index contributed by atoms with van der Waals surface area (Å²) in [6, 6.07) is 6.64. The molecule has 0 spiro atoms. The first-order valence-corrected chi connectivity index (χ1v) is 7.70. The van der Waals surface area contributed by atoms with Gasteiger partial charge in [-0.2, -0.15) is 0 Å². The summed E-state index contributed by atoms with van der Waals surface area (Å²) < 4.78 is 15.7. The van der Waals surface area contributed by atoms with Crippen LogP contribution in [0.15, 0.2) is 38.6 Å². The maximum absolute atomic E-state index is 13.8. The molecule has 1 aromatic carbocycles. The summed E-state index contributed by atoms with van der Waals surface area (Å²) in [7, 11) is 0. The lowest BCUT2D eigenvalue weighted by Gasteiger charge is -2.16. The Hall–Kier alpha value is -0.270. The molecule has 6 heteroatoms. The van der Waals surface area contributed by atoms with Crippen molar-refractivity contribution in [1.82, 2.24) is 5.43 Å². The second-order valence-electron chi connectivity index (χ2n) is 3.82. The highest BCUT2D eigenvalue weighted by molar-refractivity contribution is 9.10. The fourth-order valence-corrected chi connectivity index (χ4v) is 3.58. The van der Waals surface area contributed by atoms with Crippen LogP contribution in [-0.2, 0) is 6.42 Å². The molecule has 0 saturated heterocycles. The van der Waals surface area contributed by atoms with Crippen molar-refractivity contribution in [1.29, 1.82) is 0 Å². The summed E-state index contributed by atoms with van der Waals surface area (Å²) in [6.07, 6.45) is 0.653. The number of benzene rings is 1. The van der Waals surface area contributed by atoms with Crippen molar-refractivity contribution in [2.75, 3.05) is 0 Å². The molecule has 0 amide bonds. The van der Waals surface area contributed by atoms with Crippen LogP contribution in [0.3, 0.4) is 0 Å². The van der Waals surface area contributed by atoms with E-state index in [0.29, 0.717) is 12.0 Å². The quantitative estimate of drug-likeness (QED) is 0.604. The smallest absolute Gasteiger partial charge is 0.128 e. The Labute approximate surface area is 126 Å². The third-order valence-electron chi connectivity index (χ3n) is 2.56. The van der Waals surface area contributed by atoms with E-state index < -0.39 is 0 Å². The predicted octanol–water partition coefficient (Wildman–Crippen LogP) is 4.16. The van der Waals surface area contributed by atoms with Crippen molar-refractivity contribution >= 4 is 43.2 Å². The van der Waals surface area contributed by atoms with Gasteiger partial charge in [0.05, 0.1) is 6.04 Å². The Kier molecular flexibility index (Phi) is 4.91. The van der Waals surface area contributed by atoms with E-state index in [0.717, 1.165) is 13.8 Å². The number of rotatable bonds is 4. The molecule has 1 heterocycles. The molecular weight excluding hydrogens is 383 g/mol. The largest absolute Gasteiger partial charge is 0.271 e. The van der Waals surface area contributed by atoms with Gasteiger partial charge < -0.3 is 0 Å². The van der Waals surface area contributed by atoms with E-state index in [1.54, 1.807) is 23.5 Å². The van der Waals surface area contributed by atoms with Gasteiger partial charge in [0.25, 0.3) is 0 Å². The Morgan fingerprint density at radius 1 is 1.28 bits per heavy atom. The SMILES string of the molecule is NNC(Cc1cc(Br)cs1)c1cc(Br)ccc1F. The maximum Gasteiger partial charge on any atom is 0.128 e. The van der Waals surface area contributed by atoms with Crippen LogP contribution in [0.1, 0.15) is 16.5 Å². The summed E-state index contributed by atoms with van der Waals surface area (Å²) in [5.74, 6) is 5.29. The van der Waals surface area contributed by atoms with Crippen molar-refractivity contribution < 1.29 is 4.39 Å². The molecule has 0 fully saturated rings. The molecule has 0 aliphatic rings. The summed E-state index contributed by atoms with van der Waals surface area (Å²) >= 11 is 8.37. The zero-order valence-electron chi connectivity index (χ0n) is 9.29. The second-order valence-corrected chi connectivity index (χ2v) is 6.65. The Balaban J connectivity index is 2.25. The molecular formula is C12H11Br2FN2S. The predicted molar refractivity (Wildman–Crippen MR) is 79.9 cm³/mol. The molecule has 2 rings (SSSR count). The molecule has 0 saturated carbocycles. The van der Waals surface area contributed by atoms with Crippen LogP contribution < -0.4 is 11.3 Å². The lowest BCUT2D eigenvalue weighted by atomic mass is 10.0. The van der Waals surface area contributed by atoms with E-state index in [2.05, 4.69) is 37.3 Å². The number of halogens is 3. The number of nitrogens with one attached hydrogen (secondary N) is 1. The lowest BCUT2D eigenvalue weighted by Crippen LogP contribution is -2.30. The highest BCUT2D eigenvalue weighted by Crippen LogP contribution is 2.28. The minimum absolute atomic E-state index is 0.243. The van der Waals surface area contributed by atoms with E-state index in [1.807, 2.05) is 11.4 Å². The van der Waals surface area contributed by atoms with Crippen molar-refractivity contribution in [2.45, 2.75) is 12.5 Å². The van der Waals surface area contributed by atoms with Crippen molar-refractivity contribution in [3.8, 4) is 0 Å². The Bertz CT molecular complexity index is 545. The van der Waals surface area contributed by atoms with E-state index in [-0.39, 0.29) is 11.9 Å². The van der Waals surface area contributed by atoms with Crippen LogP contribution in [0, 0.1) is 5.82 Å². The summed E-state index contributed by atoms with van der Waals surface area (Å²) in [5.41, 5.74) is 3.24. The average Bonchev–Trinajstić information content (AvgIpc) is 2.75. The van der Waals surface area contributed by atoms with Crippen LogP contribution in [0.25, 0.3) is 0 Å². The number of hydrogen-bond donors (Lipinski definition) is 2. The van der Waals surface area contributed by atoms with Gasteiger partial charge >= 0.3 is 0 Å². The topological polar surface area (TPSA) is 38.0 Å². The van der Waals surface area contributed by atoms with Gasteiger partial charge in [-0.15, -0.1) is 11.3 Å². The van der Waals surface area contributed by atoms with Gasteiger partial charge in [-0.3, -0.25) is 11.3 Å². The maximum atomic E-state index is 13.8. The van der Waals surface area contributed by atoms with Gasteiger partial charge in [0.2, 0.25) is 0 Å². The van der Waals surface area contributed by atoms with E-state index >= 15 is 0 Å². The fraction of sp³-hybridized carbons (Fsp3) is 0.167. The minimum Gasteiger partial charge on any atom is -0.271 e. The highest BCUT2D eigenvalue weighted by atomic mass is 79.9. The number of hydrazine groups is 1. The third-order valence-corrected chi connectivity index (χ3v) is 4.77. The molecule has 2 nitrogen and oxygen atoms in total. The van der Waals surface area contributed by atoms with Crippen molar-refractivity contribution in [3.63, 3.8) is 0 Å². The van der Waals surface area contributed by atoms with E-state index in [4.69, 9.17) is 5.84 Å². The molecule has 18 heavy (non-hydrogen) atoms. The standard InChI is InChI=1S/C12H11Br2FN2S/c13-7-1-2-11(15)10(4-7)12(17-16)5-9-3-8(14)6-18-9/h1-4,6,12,17H,5,16H2. The summed E-state index contributed by atoms with van der Waals surface area (Å²) in [5, 5.41) is 2.00.